The number of aryl methyl sites for hydroxylation is 1. The fourth-order valence-electron chi connectivity index (χ4n) is 6.20. The summed E-state index contributed by atoms with van der Waals surface area (Å²) in [5, 5.41) is 0. The summed E-state index contributed by atoms with van der Waals surface area (Å²) in [5.74, 6) is 2.87. The van der Waals surface area contributed by atoms with Crippen molar-refractivity contribution in [2.45, 2.75) is 58.0 Å². The molecule has 0 radical (unpaired) electrons. The molecule has 0 spiro atoms. The quantitative estimate of drug-likeness (QED) is 0.672. The summed E-state index contributed by atoms with van der Waals surface area (Å²) in [6.07, 6.45) is 6.22. The molecule has 5 rings (SSSR count). The molecule has 3 heteroatoms. The van der Waals surface area contributed by atoms with Crippen LogP contribution < -0.4 is 4.74 Å². The molecule has 28 heavy (non-hydrogen) atoms. The van der Waals surface area contributed by atoms with Gasteiger partial charge < -0.3 is 4.74 Å². The van der Waals surface area contributed by atoms with Gasteiger partial charge in [0, 0.05) is 17.4 Å². The SMILES string of the molecule is C[C@]12CC[C@H]3c4ccc(OCc5ccccc5F)cc4CC[C@H]3[C@H]1CCC2=O. The van der Waals surface area contributed by atoms with Crippen molar-refractivity contribution in [2.24, 2.45) is 17.3 Å². The van der Waals surface area contributed by atoms with Crippen molar-refractivity contribution in [3.8, 4) is 5.75 Å². The molecular weight excluding hydrogens is 351 g/mol. The van der Waals surface area contributed by atoms with Crippen molar-refractivity contribution in [2.75, 3.05) is 0 Å². The minimum Gasteiger partial charge on any atom is -0.489 e. The number of hydrogen-bond acceptors (Lipinski definition) is 2. The van der Waals surface area contributed by atoms with E-state index in [1.54, 1.807) is 12.1 Å². The lowest BCUT2D eigenvalue weighted by Crippen LogP contribution is -2.42. The van der Waals surface area contributed by atoms with Gasteiger partial charge in [0.05, 0.1) is 0 Å². The lowest BCUT2D eigenvalue weighted by Gasteiger charge is -2.48. The highest BCUT2D eigenvalue weighted by Gasteiger charge is 2.54. The first-order valence-electron chi connectivity index (χ1n) is 10.6. The largest absolute Gasteiger partial charge is 0.489 e. The van der Waals surface area contributed by atoms with Gasteiger partial charge in [0.2, 0.25) is 0 Å². The monoisotopic (exact) mass is 378 g/mol. The third-order valence-electron chi connectivity index (χ3n) is 7.76. The van der Waals surface area contributed by atoms with Crippen LogP contribution in [0.15, 0.2) is 42.5 Å². The zero-order valence-corrected chi connectivity index (χ0v) is 16.4. The fourth-order valence-corrected chi connectivity index (χ4v) is 6.20. The molecule has 0 N–H and O–H groups in total. The van der Waals surface area contributed by atoms with Gasteiger partial charge in [0.15, 0.2) is 0 Å². The third kappa shape index (κ3) is 2.78. The molecule has 2 fully saturated rings. The summed E-state index contributed by atoms with van der Waals surface area (Å²) in [4.78, 5) is 12.5. The first-order valence-corrected chi connectivity index (χ1v) is 10.6. The van der Waals surface area contributed by atoms with Crippen molar-refractivity contribution in [3.05, 3.63) is 65.0 Å². The van der Waals surface area contributed by atoms with Gasteiger partial charge >= 0.3 is 0 Å². The molecule has 2 nitrogen and oxygen atoms in total. The van der Waals surface area contributed by atoms with Gasteiger partial charge in [-0.15, -0.1) is 0 Å². The Balaban J connectivity index is 1.35. The number of Topliss-reactive ketones (excluding diaryl/α,β-unsaturated/α-hetero) is 1. The van der Waals surface area contributed by atoms with Crippen molar-refractivity contribution in [1.29, 1.82) is 0 Å². The predicted octanol–water partition coefficient (Wildman–Crippen LogP) is 5.83. The van der Waals surface area contributed by atoms with Crippen molar-refractivity contribution in [3.63, 3.8) is 0 Å². The minimum atomic E-state index is -0.223. The minimum absolute atomic E-state index is 0.0680. The third-order valence-corrected chi connectivity index (χ3v) is 7.76. The van der Waals surface area contributed by atoms with Crippen LogP contribution in [0.2, 0.25) is 0 Å². The maximum absolute atomic E-state index is 13.8. The van der Waals surface area contributed by atoms with E-state index >= 15 is 0 Å². The van der Waals surface area contributed by atoms with Crippen LogP contribution in [0.25, 0.3) is 0 Å². The van der Waals surface area contributed by atoms with E-state index in [-0.39, 0.29) is 17.8 Å². The van der Waals surface area contributed by atoms with Crippen LogP contribution in [-0.2, 0) is 17.8 Å². The summed E-state index contributed by atoms with van der Waals surface area (Å²) < 4.78 is 19.7. The average molecular weight is 378 g/mol. The highest BCUT2D eigenvalue weighted by Crippen LogP contribution is 2.59. The van der Waals surface area contributed by atoms with E-state index < -0.39 is 0 Å². The van der Waals surface area contributed by atoms with Gasteiger partial charge in [-0.2, -0.15) is 0 Å². The molecule has 0 amide bonds. The normalized spacial score (nSPS) is 31.1. The molecular formula is C25H27FO2. The summed E-state index contributed by atoms with van der Waals surface area (Å²) in [6, 6.07) is 13.2. The molecule has 0 bridgehead atoms. The van der Waals surface area contributed by atoms with Gasteiger partial charge in [-0.05, 0) is 79.2 Å². The predicted molar refractivity (Wildman–Crippen MR) is 107 cm³/mol. The Kier molecular flexibility index (Phi) is 4.30. The van der Waals surface area contributed by atoms with Crippen LogP contribution in [0.3, 0.4) is 0 Å². The van der Waals surface area contributed by atoms with E-state index in [1.807, 2.05) is 12.1 Å². The number of rotatable bonds is 3. The van der Waals surface area contributed by atoms with Crippen LogP contribution in [-0.4, -0.2) is 5.78 Å². The topological polar surface area (TPSA) is 26.3 Å². The van der Waals surface area contributed by atoms with E-state index in [0.29, 0.717) is 29.1 Å². The Morgan fingerprint density at radius 3 is 2.82 bits per heavy atom. The Labute approximate surface area is 166 Å². The van der Waals surface area contributed by atoms with Crippen molar-refractivity contribution in [1.82, 2.24) is 0 Å². The lowest BCUT2D eigenvalue weighted by atomic mass is 9.55. The zero-order chi connectivity index (χ0) is 19.3. The van der Waals surface area contributed by atoms with Gasteiger partial charge in [0.1, 0.15) is 24.0 Å². The van der Waals surface area contributed by atoms with Crippen LogP contribution in [0.1, 0.15) is 61.6 Å². The van der Waals surface area contributed by atoms with Crippen LogP contribution in [0, 0.1) is 23.1 Å². The number of ether oxygens (including phenoxy) is 1. The number of carbonyl (C=O) groups is 1. The maximum Gasteiger partial charge on any atom is 0.139 e. The first kappa shape index (κ1) is 17.9. The number of halogens is 1. The molecule has 4 atom stereocenters. The summed E-state index contributed by atoms with van der Waals surface area (Å²) in [7, 11) is 0. The summed E-state index contributed by atoms with van der Waals surface area (Å²) in [6.45, 7) is 2.47. The van der Waals surface area contributed by atoms with E-state index in [2.05, 4.69) is 19.1 Å². The number of benzene rings is 2. The van der Waals surface area contributed by atoms with E-state index in [9.17, 15) is 9.18 Å². The molecule has 146 valence electrons. The second-order valence-electron chi connectivity index (χ2n) is 9.07. The second-order valence-corrected chi connectivity index (χ2v) is 9.07. The van der Waals surface area contributed by atoms with E-state index in [0.717, 1.165) is 37.9 Å². The lowest BCUT2D eigenvalue weighted by molar-refractivity contribution is -0.129. The number of carbonyl (C=O) groups excluding carboxylic acids is 1. The van der Waals surface area contributed by atoms with Crippen LogP contribution in [0.5, 0.6) is 5.75 Å². The average Bonchev–Trinajstić information content (AvgIpc) is 3.02. The van der Waals surface area contributed by atoms with Gasteiger partial charge in [-0.1, -0.05) is 31.2 Å². The van der Waals surface area contributed by atoms with Crippen LogP contribution >= 0.6 is 0 Å². The Morgan fingerprint density at radius 1 is 1.11 bits per heavy atom. The molecule has 2 saturated carbocycles. The molecule has 0 unspecified atom stereocenters. The summed E-state index contributed by atoms with van der Waals surface area (Å²) >= 11 is 0. The fraction of sp³-hybridized carbons (Fsp3) is 0.480. The molecule has 2 aromatic rings. The molecule has 2 aromatic carbocycles. The summed E-state index contributed by atoms with van der Waals surface area (Å²) in [5.41, 5.74) is 3.34. The number of ketones is 1. The number of fused-ring (bicyclic) bond motifs is 5. The van der Waals surface area contributed by atoms with Crippen molar-refractivity contribution >= 4 is 5.78 Å². The Hall–Kier alpha value is -2.16. The maximum atomic E-state index is 13.8. The Morgan fingerprint density at radius 2 is 1.96 bits per heavy atom. The van der Waals surface area contributed by atoms with Crippen LogP contribution in [0.4, 0.5) is 4.39 Å². The smallest absolute Gasteiger partial charge is 0.139 e. The molecule has 0 saturated heterocycles. The zero-order valence-electron chi connectivity index (χ0n) is 16.4. The van der Waals surface area contributed by atoms with Gasteiger partial charge in [-0.3, -0.25) is 4.79 Å². The highest BCUT2D eigenvalue weighted by atomic mass is 19.1. The van der Waals surface area contributed by atoms with E-state index in [1.165, 1.54) is 23.6 Å². The van der Waals surface area contributed by atoms with Gasteiger partial charge in [0.25, 0.3) is 0 Å². The Bertz CT molecular complexity index is 921. The highest BCUT2D eigenvalue weighted by molar-refractivity contribution is 5.87. The van der Waals surface area contributed by atoms with Gasteiger partial charge in [-0.25, -0.2) is 4.39 Å². The molecule has 3 aliphatic carbocycles. The van der Waals surface area contributed by atoms with Crippen molar-refractivity contribution < 1.29 is 13.9 Å². The number of hydrogen-bond donors (Lipinski definition) is 0. The standard InChI is InChI=1S/C25H27FO2/c1-25-13-12-20-19-9-7-18(28-15-17-4-2-3-5-23(17)26)14-16(19)6-8-21(20)22(25)10-11-24(25)27/h2-5,7,9,14,20-22H,6,8,10-13,15H2,1H3/t20-,21+,22+,25-/m0/s1. The first-order chi connectivity index (χ1) is 13.6. The molecule has 0 heterocycles. The molecule has 0 aromatic heterocycles. The molecule has 3 aliphatic rings. The second kappa shape index (κ2) is 6.72. The van der Waals surface area contributed by atoms with E-state index in [4.69, 9.17) is 4.74 Å². The molecule has 0 aliphatic heterocycles.